The van der Waals surface area contributed by atoms with Crippen LogP contribution in [0.15, 0.2) is 46.9 Å². The molecule has 0 spiro atoms. The fraction of sp³-hybridized carbons (Fsp3) is 0.462. The van der Waals surface area contributed by atoms with Gasteiger partial charge in [0.25, 0.3) is 0 Å². The smallest absolute Gasteiger partial charge is 0.338 e. The Labute approximate surface area is 179 Å². The van der Waals surface area contributed by atoms with E-state index in [9.17, 15) is 4.79 Å². The molecule has 30 heavy (non-hydrogen) atoms. The van der Waals surface area contributed by atoms with Gasteiger partial charge < -0.3 is 9.15 Å². The van der Waals surface area contributed by atoms with Crippen molar-refractivity contribution in [2.45, 2.75) is 71.6 Å². The van der Waals surface area contributed by atoms with Crippen molar-refractivity contribution in [3.05, 3.63) is 53.6 Å². The van der Waals surface area contributed by atoms with Crippen molar-refractivity contribution in [3.8, 4) is 11.5 Å². The van der Waals surface area contributed by atoms with E-state index < -0.39 is 0 Å². The SMILES string of the molecule is CCCCCCCCOC(=O)c1ccc(-c2nc3cc(CCCC)ccc3o2)cc1. The number of unbranched alkanes of at least 4 members (excludes halogenated alkanes) is 6. The number of carbonyl (C=O) groups is 1. The Morgan fingerprint density at radius 1 is 0.900 bits per heavy atom. The molecule has 0 fully saturated rings. The summed E-state index contributed by atoms with van der Waals surface area (Å²) in [6.07, 6.45) is 10.5. The highest BCUT2D eigenvalue weighted by Crippen LogP contribution is 2.26. The molecule has 3 rings (SSSR count). The van der Waals surface area contributed by atoms with Gasteiger partial charge in [-0.1, -0.05) is 58.4 Å². The van der Waals surface area contributed by atoms with Crippen molar-refractivity contribution in [3.63, 3.8) is 0 Å². The van der Waals surface area contributed by atoms with Crippen LogP contribution in [0.25, 0.3) is 22.6 Å². The summed E-state index contributed by atoms with van der Waals surface area (Å²) in [5, 5.41) is 0. The maximum Gasteiger partial charge on any atom is 0.338 e. The molecule has 4 heteroatoms. The number of oxazole rings is 1. The molecule has 1 heterocycles. The third-order valence-electron chi connectivity index (χ3n) is 5.37. The number of aromatic nitrogens is 1. The van der Waals surface area contributed by atoms with Gasteiger partial charge in [-0.25, -0.2) is 9.78 Å². The van der Waals surface area contributed by atoms with Gasteiger partial charge in [0.2, 0.25) is 5.89 Å². The highest BCUT2D eigenvalue weighted by Gasteiger charge is 2.11. The lowest BCUT2D eigenvalue weighted by molar-refractivity contribution is 0.0497. The summed E-state index contributed by atoms with van der Waals surface area (Å²) in [7, 11) is 0. The van der Waals surface area contributed by atoms with Gasteiger partial charge in [0.1, 0.15) is 5.52 Å². The first-order valence-corrected chi connectivity index (χ1v) is 11.4. The van der Waals surface area contributed by atoms with Gasteiger partial charge in [-0.15, -0.1) is 0 Å². The molecule has 1 aromatic heterocycles. The van der Waals surface area contributed by atoms with E-state index in [1.807, 2.05) is 18.2 Å². The third kappa shape index (κ3) is 6.19. The fourth-order valence-corrected chi connectivity index (χ4v) is 3.51. The predicted octanol–water partition coefficient (Wildman–Crippen LogP) is 7.35. The molecule has 0 radical (unpaired) electrons. The predicted molar refractivity (Wildman–Crippen MR) is 122 cm³/mol. The van der Waals surface area contributed by atoms with Gasteiger partial charge in [-0.3, -0.25) is 0 Å². The second kappa shape index (κ2) is 11.5. The minimum Gasteiger partial charge on any atom is -0.462 e. The van der Waals surface area contributed by atoms with Crippen LogP contribution in [0.2, 0.25) is 0 Å². The minimum absolute atomic E-state index is 0.270. The number of carbonyl (C=O) groups excluding carboxylic acids is 1. The van der Waals surface area contributed by atoms with Crippen molar-refractivity contribution in [2.24, 2.45) is 0 Å². The van der Waals surface area contributed by atoms with E-state index in [1.165, 1.54) is 44.1 Å². The molecular formula is C26H33NO3. The van der Waals surface area contributed by atoms with Crippen LogP contribution < -0.4 is 0 Å². The van der Waals surface area contributed by atoms with E-state index in [4.69, 9.17) is 9.15 Å². The summed E-state index contributed by atoms with van der Waals surface area (Å²) >= 11 is 0. The third-order valence-corrected chi connectivity index (χ3v) is 5.37. The molecule has 0 unspecified atom stereocenters. The summed E-state index contributed by atoms with van der Waals surface area (Å²) < 4.78 is 11.3. The number of benzene rings is 2. The molecule has 2 aromatic carbocycles. The molecule has 0 aliphatic rings. The lowest BCUT2D eigenvalue weighted by atomic mass is 10.1. The first-order chi connectivity index (χ1) is 14.7. The molecular weight excluding hydrogens is 374 g/mol. The number of ether oxygens (including phenoxy) is 1. The van der Waals surface area contributed by atoms with E-state index in [-0.39, 0.29) is 5.97 Å². The second-order valence-corrected chi connectivity index (χ2v) is 7.91. The molecule has 160 valence electrons. The number of hydrogen-bond acceptors (Lipinski definition) is 4. The summed E-state index contributed by atoms with van der Waals surface area (Å²) in [6.45, 7) is 4.89. The largest absolute Gasteiger partial charge is 0.462 e. The maximum absolute atomic E-state index is 12.2. The maximum atomic E-state index is 12.2. The number of rotatable bonds is 12. The number of nitrogens with zero attached hydrogens (tertiary/aromatic N) is 1. The second-order valence-electron chi connectivity index (χ2n) is 7.91. The van der Waals surface area contributed by atoms with Crippen molar-refractivity contribution in [1.29, 1.82) is 0 Å². The molecule has 0 saturated heterocycles. The first-order valence-electron chi connectivity index (χ1n) is 11.4. The van der Waals surface area contributed by atoms with Crippen LogP contribution in [0.1, 0.15) is 81.1 Å². The molecule has 0 amide bonds. The van der Waals surface area contributed by atoms with Crippen LogP contribution in [-0.2, 0) is 11.2 Å². The average Bonchev–Trinajstić information content (AvgIpc) is 3.20. The lowest BCUT2D eigenvalue weighted by Gasteiger charge is -2.05. The summed E-state index contributed by atoms with van der Waals surface area (Å²) in [6, 6.07) is 13.5. The quantitative estimate of drug-likeness (QED) is 0.232. The van der Waals surface area contributed by atoms with Gasteiger partial charge in [-0.2, -0.15) is 0 Å². The molecule has 0 bridgehead atoms. The van der Waals surface area contributed by atoms with Crippen LogP contribution >= 0.6 is 0 Å². The monoisotopic (exact) mass is 407 g/mol. The Balaban J connectivity index is 1.55. The minimum atomic E-state index is -0.270. The Morgan fingerprint density at radius 2 is 1.63 bits per heavy atom. The summed E-state index contributed by atoms with van der Waals surface area (Å²) in [5.41, 5.74) is 4.36. The van der Waals surface area contributed by atoms with Crippen molar-refractivity contribution in [1.82, 2.24) is 4.98 Å². The van der Waals surface area contributed by atoms with Gasteiger partial charge in [0.05, 0.1) is 12.2 Å². The molecule has 0 saturated carbocycles. The molecule has 0 N–H and O–H groups in total. The van der Waals surface area contributed by atoms with Crippen LogP contribution in [0, 0.1) is 0 Å². The zero-order valence-corrected chi connectivity index (χ0v) is 18.3. The molecule has 0 aliphatic carbocycles. The molecule has 4 nitrogen and oxygen atoms in total. The topological polar surface area (TPSA) is 52.3 Å². The van der Waals surface area contributed by atoms with Crippen molar-refractivity contribution >= 4 is 17.1 Å². The Kier molecular flexibility index (Phi) is 8.49. The molecule has 0 aliphatic heterocycles. The standard InChI is InChI=1S/C26H33NO3/c1-3-5-7-8-9-10-18-29-26(28)22-15-13-21(14-16-22)25-27-23-19-20(11-6-4-2)12-17-24(23)30-25/h12-17,19H,3-11,18H2,1-2H3. The highest BCUT2D eigenvalue weighted by molar-refractivity contribution is 5.90. The normalized spacial score (nSPS) is 11.1. The molecule has 0 atom stereocenters. The van der Waals surface area contributed by atoms with E-state index in [0.717, 1.165) is 35.9 Å². The Bertz CT molecular complexity index is 927. The summed E-state index contributed by atoms with van der Waals surface area (Å²) in [4.78, 5) is 16.9. The van der Waals surface area contributed by atoms with Crippen LogP contribution in [0.4, 0.5) is 0 Å². The van der Waals surface area contributed by atoms with Crippen molar-refractivity contribution in [2.75, 3.05) is 6.61 Å². The number of esters is 1. The Morgan fingerprint density at radius 3 is 2.40 bits per heavy atom. The van der Waals surface area contributed by atoms with Gasteiger partial charge in [0, 0.05) is 5.56 Å². The van der Waals surface area contributed by atoms with E-state index >= 15 is 0 Å². The highest BCUT2D eigenvalue weighted by atomic mass is 16.5. The number of fused-ring (bicyclic) bond motifs is 1. The summed E-state index contributed by atoms with van der Waals surface area (Å²) in [5.74, 6) is 0.304. The van der Waals surface area contributed by atoms with E-state index in [2.05, 4.69) is 31.0 Å². The molecule has 3 aromatic rings. The van der Waals surface area contributed by atoms with Gasteiger partial charge >= 0.3 is 5.97 Å². The van der Waals surface area contributed by atoms with Gasteiger partial charge in [-0.05, 0) is 61.2 Å². The lowest BCUT2D eigenvalue weighted by Crippen LogP contribution is -2.06. The number of hydrogen-bond donors (Lipinski definition) is 0. The average molecular weight is 408 g/mol. The zero-order valence-electron chi connectivity index (χ0n) is 18.3. The van der Waals surface area contributed by atoms with Crippen LogP contribution in [0.3, 0.4) is 0 Å². The van der Waals surface area contributed by atoms with E-state index in [1.54, 1.807) is 12.1 Å². The van der Waals surface area contributed by atoms with Gasteiger partial charge in [0.15, 0.2) is 5.58 Å². The Hall–Kier alpha value is -2.62. The zero-order chi connectivity index (χ0) is 21.2. The first kappa shape index (κ1) is 22.1. The van der Waals surface area contributed by atoms with Crippen molar-refractivity contribution < 1.29 is 13.9 Å². The van der Waals surface area contributed by atoms with Crippen LogP contribution in [-0.4, -0.2) is 17.6 Å². The van der Waals surface area contributed by atoms with Crippen LogP contribution in [0.5, 0.6) is 0 Å². The number of aryl methyl sites for hydroxylation is 1. The fourth-order valence-electron chi connectivity index (χ4n) is 3.51. The van der Waals surface area contributed by atoms with E-state index in [0.29, 0.717) is 18.1 Å².